The van der Waals surface area contributed by atoms with E-state index in [1.807, 2.05) is 23.2 Å². The van der Waals surface area contributed by atoms with Crippen molar-refractivity contribution in [3.8, 4) is 0 Å². The van der Waals surface area contributed by atoms with Gasteiger partial charge in [-0.15, -0.1) is 0 Å². The Labute approximate surface area is 161 Å². The topological polar surface area (TPSA) is 48.5 Å². The minimum Gasteiger partial charge on any atom is -0.331 e. The van der Waals surface area contributed by atoms with E-state index in [0.29, 0.717) is 6.54 Å². The van der Waals surface area contributed by atoms with Gasteiger partial charge in [-0.05, 0) is 57.0 Å². The Bertz CT molecular complexity index is 782. The van der Waals surface area contributed by atoms with Crippen LogP contribution in [0.2, 0.25) is 0 Å². The normalized spacial score (nSPS) is 28.0. The number of pyridine rings is 1. The molecule has 2 amide bonds. The molecule has 1 aliphatic heterocycles. The number of hydrogen-bond donors (Lipinski definition) is 1. The number of hydrogen-bond acceptors (Lipinski definition) is 3. The molecular weight excluding hydrogens is 336 g/mol. The first kappa shape index (κ1) is 18.0. The zero-order valence-electron chi connectivity index (χ0n) is 16.2. The maximum atomic E-state index is 12.6. The van der Waals surface area contributed by atoms with E-state index in [4.69, 9.17) is 0 Å². The number of carbonyl (C=O) groups is 1. The highest BCUT2D eigenvalue weighted by Crippen LogP contribution is 2.46. The molecule has 1 aromatic heterocycles. The molecule has 5 heteroatoms. The predicted molar refractivity (Wildman–Crippen MR) is 106 cm³/mol. The Balaban J connectivity index is 1.49. The highest BCUT2D eigenvalue weighted by Gasteiger charge is 2.49. The molecule has 1 spiro atoms. The number of carbonyl (C=O) groups excluding carboxylic acids is 1. The van der Waals surface area contributed by atoms with Crippen molar-refractivity contribution in [1.82, 2.24) is 20.1 Å². The second-order valence-electron chi connectivity index (χ2n) is 8.22. The molecule has 2 aromatic rings. The van der Waals surface area contributed by atoms with Crippen molar-refractivity contribution in [3.05, 3.63) is 66.0 Å². The predicted octanol–water partition coefficient (Wildman–Crippen LogP) is 3.38. The first-order chi connectivity index (χ1) is 13.0. The van der Waals surface area contributed by atoms with Gasteiger partial charge in [0.1, 0.15) is 0 Å². The average molecular weight is 364 g/mol. The van der Waals surface area contributed by atoms with Gasteiger partial charge in [0.25, 0.3) is 0 Å². The van der Waals surface area contributed by atoms with Gasteiger partial charge >= 0.3 is 6.03 Å². The van der Waals surface area contributed by atoms with Gasteiger partial charge in [-0.25, -0.2) is 4.79 Å². The molecule has 2 aliphatic rings. The summed E-state index contributed by atoms with van der Waals surface area (Å²) in [6, 6.07) is 14.8. The van der Waals surface area contributed by atoms with Crippen LogP contribution in [0.1, 0.15) is 36.8 Å². The highest BCUT2D eigenvalue weighted by molar-refractivity contribution is 5.78. The molecule has 1 aromatic carbocycles. The van der Waals surface area contributed by atoms with E-state index < -0.39 is 0 Å². The molecule has 4 rings (SSSR count). The fourth-order valence-corrected chi connectivity index (χ4v) is 4.79. The Morgan fingerprint density at radius 1 is 1.07 bits per heavy atom. The lowest BCUT2D eigenvalue weighted by atomic mass is 9.69. The van der Waals surface area contributed by atoms with Crippen molar-refractivity contribution in [2.24, 2.45) is 0 Å². The first-order valence-corrected chi connectivity index (χ1v) is 9.72. The Hall–Kier alpha value is -2.40. The van der Waals surface area contributed by atoms with Crippen molar-refractivity contribution in [3.63, 3.8) is 0 Å². The van der Waals surface area contributed by atoms with Crippen LogP contribution in [0.15, 0.2) is 54.9 Å². The number of amides is 2. The van der Waals surface area contributed by atoms with Gasteiger partial charge in [-0.3, -0.25) is 9.88 Å². The van der Waals surface area contributed by atoms with Crippen LogP contribution in [0.3, 0.4) is 0 Å². The van der Waals surface area contributed by atoms with Crippen LogP contribution < -0.4 is 5.32 Å². The molecule has 1 saturated heterocycles. The maximum absolute atomic E-state index is 12.6. The van der Waals surface area contributed by atoms with Gasteiger partial charge in [-0.1, -0.05) is 36.4 Å². The number of nitrogens with one attached hydrogen (secondary N) is 1. The quantitative estimate of drug-likeness (QED) is 0.905. The fraction of sp³-hybridized carbons (Fsp3) is 0.455. The lowest BCUT2D eigenvalue weighted by Gasteiger charge is -2.48. The van der Waals surface area contributed by atoms with E-state index in [2.05, 4.69) is 59.6 Å². The van der Waals surface area contributed by atoms with E-state index in [1.165, 1.54) is 5.56 Å². The lowest BCUT2D eigenvalue weighted by Crippen LogP contribution is -2.54. The molecular formula is C22H28N4O. The molecule has 0 radical (unpaired) electrons. The van der Waals surface area contributed by atoms with Gasteiger partial charge in [-0.2, -0.15) is 0 Å². The van der Waals surface area contributed by atoms with Gasteiger partial charge in [0, 0.05) is 31.0 Å². The van der Waals surface area contributed by atoms with Crippen LogP contribution in [0.25, 0.3) is 0 Å². The van der Waals surface area contributed by atoms with E-state index in [0.717, 1.165) is 37.8 Å². The zero-order valence-corrected chi connectivity index (χ0v) is 16.2. The van der Waals surface area contributed by atoms with Crippen molar-refractivity contribution in [2.45, 2.75) is 43.3 Å². The van der Waals surface area contributed by atoms with E-state index in [9.17, 15) is 4.79 Å². The zero-order chi connectivity index (χ0) is 18.9. The molecule has 0 atom stereocenters. The number of rotatable bonds is 4. The summed E-state index contributed by atoms with van der Waals surface area (Å²) in [5.74, 6) is 0. The largest absolute Gasteiger partial charge is 0.331 e. The maximum Gasteiger partial charge on any atom is 0.318 e. The van der Waals surface area contributed by atoms with Crippen LogP contribution >= 0.6 is 0 Å². The van der Waals surface area contributed by atoms with E-state index in [1.54, 1.807) is 6.20 Å². The summed E-state index contributed by atoms with van der Waals surface area (Å²) >= 11 is 0. The lowest BCUT2D eigenvalue weighted by molar-refractivity contribution is 0.0617. The Kier molecular flexibility index (Phi) is 4.64. The standard InChI is InChI=1S/C22H28N4O/c1-25(2)22(19-8-4-3-5-9-19)12-10-21(11-13-22)17-26(20(27)24-21)16-18-7-6-14-23-15-18/h3-9,14-15H,10-13,16-17H2,1-2H3,(H,24,27). The number of nitrogens with zero attached hydrogens (tertiary/aromatic N) is 3. The second-order valence-corrected chi connectivity index (χ2v) is 8.22. The van der Waals surface area contributed by atoms with E-state index in [-0.39, 0.29) is 17.1 Å². The van der Waals surface area contributed by atoms with Crippen molar-refractivity contribution < 1.29 is 4.79 Å². The molecule has 1 aliphatic carbocycles. The monoisotopic (exact) mass is 364 g/mol. The van der Waals surface area contributed by atoms with Gasteiger partial charge in [0.15, 0.2) is 0 Å². The Morgan fingerprint density at radius 2 is 1.81 bits per heavy atom. The van der Waals surface area contributed by atoms with Gasteiger partial charge < -0.3 is 10.2 Å². The summed E-state index contributed by atoms with van der Waals surface area (Å²) < 4.78 is 0. The molecule has 0 bridgehead atoms. The second kappa shape index (κ2) is 6.97. The fourth-order valence-electron chi connectivity index (χ4n) is 4.79. The molecule has 27 heavy (non-hydrogen) atoms. The summed E-state index contributed by atoms with van der Waals surface area (Å²) in [6.45, 7) is 1.40. The van der Waals surface area contributed by atoms with Crippen LogP contribution in [0.5, 0.6) is 0 Å². The summed E-state index contributed by atoms with van der Waals surface area (Å²) in [5.41, 5.74) is 2.40. The third-order valence-corrected chi connectivity index (χ3v) is 6.45. The molecule has 2 heterocycles. The number of urea groups is 1. The summed E-state index contributed by atoms with van der Waals surface area (Å²) in [4.78, 5) is 21.1. The number of benzene rings is 1. The van der Waals surface area contributed by atoms with Crippen LogP contribution in [0.4, 0.5) is 4.79 Å². The molecule has 142 valence electrons. The smallest absolute Gasteiger partial charge is 0.318 e. The molecule has 0 unspecified atom stereocenters. The average Bonchev–Trinajstić information content (AvgIpc) is 2.99. The van der Waals surface area contributed by atoms with Crippen LogP contribution in [-0.2, 0) is 12.1 Å². The number of aromatic nitrogens is 1. The SMILES string of the molecule is CN(C)C1(c2ccccc2)CCC2(CC1)CN(Cc1cccnc1)C(=O)N2. The molecule has 5 nitrogen and oxygen atoms in total. The van der Waals surface area contributed by atoms with Gasteiger partial charge in [0.2, 0.25) is 0 Å². The molecule has 1 saturated carbocycles. The van der Waals surface area contributed by atoms with E-state index >= 15 is 0 Å². The first-order valence-electron chi connectivity index (χ1n) is 9.72. The van der Waals surface area contributed by atoms with Crippen molar-refractivity contribution >= 4 is 6.03 Å². The summed E-state index contributed by atoms with van der Waals surface area (Å²) in [7, 11) is 4.35. The van der Waals surface area contributed by atoms with Crippen molar-refractivity contribution in [2.75, 3.05) is 20.6 Å². The highest BCUT2D eigenvalue weighted by atomic mass is 16.2. The summed E-state index contributed by atoms with van der Waals surface area (Å²) in [6.07, 6.45) is 7.69. The molecule has 2 fully saturated rings. The minimum absolute atomic E-state index is 0.0496. The third kappa shape index (κ3) is 3.32. The third-order valence-electron chi connectivity index (χ3n) is 6.45. The molecule has 1 N–H and O–H groups in total. The van der Waals surface area contributed by atoms with Gasteiger partial charge in [0.05, 0.1) is 5.54 Å². The Morgan fingerprint density at radius 3 is 2.44 bits per heavy atom. The van der Waals surface area contributed by atoms with Crippen molar-refractivity contribution in [1.29, 1.82) is 0 Å². The summed E-state index contributed by atoms with van der Waals surface area (Å²) in [5, 5.41) is 3.32. The minimum atomic E-state index is -0.104. The van der Waals surface area contributed by atoms with Crippen LogP contribution in [-0.4, -0.2) is 47.0 Å². The van der Waals surface area contributed by atoms with Crippen LogP contribution in [0, 0.1) is 0 Å².